The van der Waals surface area contributed by atoms with Crippen LogP contribution in [0.5, 0.6) is 11.5 Å². The molecule has 0 bridgehead atoms. The maximum absolute atomic E-state index is 13.4. The Morgan fingerprint density at radius 3 is 2.92 bits per heavy atom. The Kier molecular flexibility index (Phi) is 4.78. The van der Waals surface area contributed by atoms with Crippen LogP contribution in [0.25, 0.3) is 0 Å². The molecule has 0 saturated heterocycles. The molecule has 26 heavy (non-hydrogen) atoms. The Labute approximate surface area is 146 Å². The number of halogens is 1. The average Bonchev–Trinajstić information content (AvgIpc) is 3.03. The molecule has 134 valence electrons. The van der Waals surface area contributed by atoms with Gasteiger partial charge in [-0.25, -0.2) is 9.07 Å². The van der Waals surface area contributed by atoms with Crippen LogP contribution < -0.4 is 10.2 Å². The third-order valence-corrected chi connectivity index (χ3v) is 3.47. The van der Waals surface area contributed by atoms with Crippen LogP contribution in [0, 0.1) is 5.82 Å². The first-order valence-corrected chi connectivity index (χ1v) is 7.55. The number of ketones is 1. The fraction of sp³-hybridized carbons (Fsp3) is 0.176. The fourth-order valence-corrected chi connectivity index (χ4v) is 2.23. The number of carbonyl (C=O) groups is 1. The molecule has 9 heteroatoms. The Balaban J connectivity index is 1.69. The van der Waals surface area contributed by atoms with E-state index in [1.165, 1.54) is 23.7 Å². The number of benzene rings is 1. The number of rotatable bonds is 6. The molecular formula is C17H14FN3O5. The van der Waals surface area contributed by atoms with Gasteiger partial charge in [-0.15, -0.1) is 5.10 Å². The van der Waals surface area contributed by atoms with Crippen LogP contribution in [0.4, 0.5) is 4.39 Å². The van der Waals surface area contributed by atoms with Gasteiger partial charge in [0.2, 0.25) is 5.43 Å². The molecule has 0 aliphatic rings. The fourth-order valence-electron chi connectivity index (χ4n) is 2.23. The molecule has 0 aliphatic heterocycles. The average molecular weight is 359 g/mol. The molecule has 0 aliphatic carbocycles. The van der Waals surface area contributed by atoms with Crippen molar-refractivity contribution in [3.63, 3.8) is 0 Å². The van der Waals surface area contributed by atoms with Gasteiger partial charge in [-0.1, -0.05) is 5.21 Å². The minimum atomic E-state index is -0.558. The molecule has 0 unspecified atom stereocenters. The second-order valence-corrected chi connectivity index (χ2v) is 5.49. The minimum Gasteiger partial charge on any atom is -0.502 e. The predicted molar refractivity (Wildman–Crippen MR) is 86.5 cm³/mol. The summed E-state index contributed by atoms with van der Waals surface area (Å²) in [5.41, 5.74) is 0.146. The van der Waals surface area contributed by atoms with E-state index in [0.29, 0.717) is 5.69 Å². The van der Waals surface area contributed by atoms with E-state index in [-0.39, 0.29) is 36.0 Å². The molecule has 2 aromatic heterocycles. The first-order chi connectivity index (χ1) is 12.4. The zero-order chi connectivity index (χ0) is 18.7. The molecule has 0 fully saturated rings. The maximum atomic E-state index is 13.4. The molecule has 1 aromatic carbocycles. The van der Waals surface area contributed by atoms with Crippen molar-refractivity contribution in [3.05, 3.63) is 69.8 Å². The van der Waals surface area contributed by atoms with Gasteiger partial charge in [0, 0.05) is 12.1 Å². The molecule has 0 spiro atoms. The number of aromatic nitrogens is 3. The molecule has 1 N–H and O–H groups in total. The van der Waals surface area contributed by atoms with E-state index < -0.39 is 17.0 Å². The number of aromatic hydroxyl groups is 1. The van der Waals surface area contributed by atoms with Crippen molar-refractivity contribution in [1.29, 1.82) is 0 Å². The summed E-state index contributed by atoms with van der Waals surface area (Å²) >= 11 is 0. The Morgan fingerprint density at radius 1 is 1.38 bits per heavy atom. The number of carbonyl (C=O) groups excluding carboxylic acids is 1. The van der Waals surface area contributed by atoms with Gasteiger partial charge in [-0.3, -0.25) is 9.59 Å². The number of nitrogens with zero attached hydrogens (tertiary/aromatic N) is 3. The van der Waals surface area contributed by atoms with Gasteiger partial charge < -0.3 is 14.3 Å². The maximum Gasteiger partial charge on any atom is 0.226 e. The highest BCUT2D eigenvalue weighted by Crippen LogP contribution is 2.21. The third-order valence-electron chi connectivity index (χ3n) is 3.47. The lowest BCUT2D eigenvalue weighted by Crippen LogP contribution is -2.05. The predicted octanol–water partition coefficient (Wildman–Crippen LogP) is 1.91. The molecule has 0 saturated carbocycles. The van der Waals surface area contributed by atoms with E-state index in [0.717, 1.165) is 18.4 Å². The van der Waals surface area contributed by atoms with Gasteiger partial charge in [-0.2, -0.15) is 0 Å². The lowest BCUT2D eigenvalue weighted by atomic mass is 10.1. The third kappa shape index (κ3) is 3.94. The Morgan fingerprint density at radius 2 is 2.19 bits per heavy atom. The van der Waals surface area contributed by atoms with E-state index >= 15 is 0 Å². The molecule has 2 heterocycles. The van der Waals surface area contributed by atoms with Gasteiger partial charge in [0.15, 0.2) is 11.5 Å². The van der Waals surface area contributed by atoms with Crippen molar-refractivity contribution in [1.82, 2.24) is 15.0 Å². The van der Waals surface area contributed by atoms with Gasteiger partial charge in [0.1, 0.15) is 42.4 Å². The van der Waals surface area contributed by atoms with Crippen LogP contribution in [0.2, 0.25) is 0 Å². The standard InChI is InChI=1S/C17H14FN3O5/c1-10(22)14-3-2-11(18)4-17(14)26-8-12-6-21(20-19-12)7-13-5-15(23)16(24)9-25-13/h2-6,9,24H,7-8H2,1H3. The minimum absolute atomic E-state index is 0.0245. The van der Waals surface area contributed by atoms with Crippen molar-refractivity contribution in [2.75, 3.05) is 0 Å². The first kappa shape index (κ1) is 17.3. The second-order valence-electron chi connectivity index (χ2n) is 5.49. The van der Waals surface area contributed by atoms with Crippen molar-refractivity contribution in [2.45, 2.75) is 20.1 Å². The van der Waals surface area contributed by atoms with Crippen molar-refractivity contribution >= 4 is 5.78 Å². The van der Waals surface area contributed by atoms with Crippen molar-refractivity contribution in [2.24, 2.45) is 0 Å². The smallest absolute Gasteiger partial charge is 0.226 e. The van der Waals surface area contributed by atoms with Gasteiger partial charge in [0.05, 0.1) is 11.8 Å². The summed E-state index contributed by atoms with van der Waals surface area (Å²) in [5.74, 6) is -0.828. The quantitative estimate of drug-likeness (QED) is 0.670. The van der Waals surface area contributed by atoms with Crippen LogP contribution in [0.1, 0.15) is 28.7 Å². The summed E-state index contributed by atoms with van der Waals surface area (Å²) in [7, 11) is 0. The zero-order valence-corrected chi connectivity index (χ0v) is 13.7. The monoisotopic (exact) mass is 359 g/mol. The molecule has 8 nitrogen and oxygen atoms in total. The van der Waals surface area contributed by atoms with Gasteiger partial charge >= 0.3 is 0 Å². The highest BCUT2D eigenvalue weighted by molar-refractivity contribution is 5.96. The summed E-state index contributed by atoms with van der Waals surface area (Å²) in [4.78, 5) is 22.9. The van der Waals surface area contributed by atoms with E-state index in [9.17, 15) is 14.0 Å². The van der Waals surface area contributed by atoms with E-state index in [1.807, 2.05) is 0 Å². The second kappa shape index (κ2) is 7.18. The highest BCUT2D eigenvalue weighted by Gasteiger charge is 2.11. The van der Waals surface area contributed by atoms with Crippen molar-refractivity contribution in [3.8, 4) is 11.5 Å². The van der Waals surface area contributed by atoms with E-state index in [2.05, 4.69) is 10.3 Å². The summed E-state index contributed by atoms with van der Waals surface area (Å²) < 4.78 is 25.3. The van der Waals surface area contributed by atoms with Crippen LogP contribution >= 0.6 is 0 Å². The summed E-state index contributed by atoms with van der Waals surface area (Å²) in [6, 6.07) is 4.83. The number of ether oxygens (including phenoxy) is 1. The summed E-state index contributed by atoms with van der Waals surface area (Å²) in [5, 5.41) is 16.9. The number of hydrogen-bond acceptors (Lipinski definition) is 7. The molecular weight excluding hydrogens is 345 g/mol. The topological polar surface area (TPSA) is 107 Å². The molecule has 3 rings (SSSR count). The number of hydrogen-bond donors (Lipinski definition) is 1. The molecule has 0 amide bonds. The van der Waals surface area contributed by atoms with Crippen LogP contribution in [-0.4, -0.2) is 25.9 Å². The van der Waals surface area contributed by atoms with Gasteiger partial charge in [-0.05, 0) is 19.1 Å². The Hall–Kier alpha value is -3.49. The van der Waals surface area contributed by atoms with Crippen LogP contribution in [0.3, 0.4) is 0 Å². The van der Waals surface area contributed by atoms with E-state index in [1.54, 1.807) is 6.20 Å². The van der Waals surface area contributed by atoms with Gasteiger partial charge in [0.25, 0.3) is 0 Å². The summed E-state index contributed by atoms with van der Waals surface area (Å²) in [6.45, 7) is 1.46. The van der Waals surface area contributed by atoms with Crippen molar-refractivity contribution < 1.29 is 23.4 Å². The van der Waals surface area contributed by atoms with Crippen LogP contribution in [-0.2, 0) is 13.2 Å². The SMILES string of the molecule is CC(=O)c1ccc(F)cc1OCc1cn(Cc2cc(=O)c(O)co2)nn1. The summed E-state index contributed by atoms with van der Waals surface area (Å²) in [6.07, 6.45) is 2.51. The first-order valence-electron chi connectivity index (χ1n) is 7.55. The normalized spacial score (nSPS) is 10.7. The molecule has 0 atom stereocenters. The lowest BCUT2D eigenvalue weighted by Gasteiger charge is -2.08. The van der Waals surface area contributed by atoms with Crippen LogP contribution in [0.15, 0.2) is 45.9 Å². The molecule has 3 aromatic rings. The highest BCUT2D eigenvalue weighted by atomic mass is 19.1. The zero-order valence-electron chi connectivity index (χ0n) is 13.7. The number of Topliss-reactive ketones (excluding diaryl/α,β-unsaturated/α-hetero) is 1. The van der Waals surface area contributed by atoms with E-state index in [4.69, 9.17) is 14.3 Å². The largest absolute Gasteiger partial charge is 0.502 e. The Bertz CT molecular complexity index is 1010. The lowest BCUT2D eigenvalue weighted by molar-refractivity contribution is 0.101. The molecule has 0 radical (unpaired) electrons.